The first-order valence-electron chi connectivity index (χ1n) is 11.3. The first kappa shape index (κ1) is 24.3. The average molecular weight is 483 g/mol. The van der Waals surface area contributed by atoms with E-state index in [1.807, 2.05) is 26.0 Å². The summed E-state index contributed by atoms with van der Waals surface area (Å²) >= 11 is 0. The highest BCUT2D eigenvalue weighted by molar-refractivity contribution is 6.11. The molecule has 0 aromatic heterocycles. The number of rotatable bonds is 6. The molecule has 1 heterocycles. The highest BCUT2D eigenvalue weighted by Gasteiger charge is 2.45. The molecule has 3 aromatic carbocycles. The number of aliphatic carboxylic acids is 1. The van der Waals surface area contributed by atoms with E-state index in [-0.39, 0.29) is 11.3 Å². The Bertz CT molecular complexity index is 1240. The summed E-state index contributed by atoms with van der Waals surface area (Å²) in [5.41, 5.74) is 1.03. The lowest BCUT2D eigenvalue weighted by atomic mass is 9.79. The van der Waals surface area contributed by atoms with Crippen LogP contribution in [0.4, 0.5) is 24.5 Å². The monoisotopic (exact) mass is 482 g/mol. The van der Waals surface area contributed by atoms with E-state index in [0.29, 0.717) is 11.1 Å². The van der Waals surface area contributed by atoms with Crippen LogP contribution in [0.3, 0.4) is 0 Å². The molecule has 1 N–H and O–H groups in total. The second kappa shape index (κ2) is 9.44. The number of halogens is 3. The predicted molar refractivity (Wildman–Crippen MR) is 128 cm³/mol. The molecule has 0 unspecified atom stereocenters. The van der Waals surface area contributed by atoms with Crippen molar-refractivity contribution in [1.29, 1.82) is 0 Å². The zero-order chi connectivity index (χ0) is 25.3. The van der Waals surface area contributed by atoms with Crippen molar-refractivity contribution in [3.8, 4) is 0 Å². The third kappa shape index (κ3) is 4.48. The molecule has 1 amide bonds. The van der Waals surface area contributed by atoms with Crippen LogP contribution in [0.5, 0.6) is 0 Å². The van der Waals surface area contributed by atoms with Crippen molar-refractivity contribution in [2.45, 2.75) is 32.0 Å². The summed E-state index contributed by atoms with van der Waals surface area (Å²) in [6, 6.07) is 16.9. The Hall–Kier alpha value is -3.81. The van der Waals surface area contributed by atoms with Gasteiger partial charge in [0.15, 0.2) is 0 Å². The van der Waals surface area contributed by atoms with Crippen LogP contribution in [0, 0.1) is 0 Å². The largest absolute Gasteiger partial charge is 0.481 e. The van der Waals surface area contributed by atoms with Gasteiger partial charge >= 0.3 is 12.1 Å². The number of alkyl halides is 3. The van der Waals surface area contributed by atoms with Gasteiger partial charge in [-0.25, -0.2) is 0 Å². The number of benzene rings is 3. The maximum atomic E-state index is 13.6. The Kier molecular flexibility index (Phi) is 6.56. The highest BCUT2D eigenvalue weighted by Crippen LogP contribution is 2.46. The number of carboxylic acid groups (broad SMARTS) is 1. The number of amides is 1. The van der Waals surface area contributed by atoms with Gasteiger partial charge in [0.2, 0.25) is 0 Å². The molecule has 5 nitrogen and oxygen atoms in total. The molecule has 0 spiro atoms. The summed E-state index contributed by atoms with van der Waals surface area (Å²) < 4.78 is 40.4. The van der Waals surface area contributed by atoms with Crippen molar-refractivity contribution in [3.05, 3.63) is 95.1 Å². The van der Waals surface area contributed by atoms with Gasteiger partial charge in [-0.05, 0) is 61.4 Å². The van der Waals surface area contributed by atoms with Crippen LogP contribution < -0.4 is 9.80 Å². The first-order valence-corrected chi connectivity index (χ1v) is 11.3. The fourth-order valence-corrected chi connectivity index (χ4v) is 4.73. The summed E-state index contributed by atoms with van der Waals surface area (Å²) in [6.45, 7) is 5.59. The molecule has 1 aliphatic heterocycles. The lowest BCUT2D eigenvalue weighted by Gasteiger charge is -2.41. The number of hydrogen-bond donors (Lipinski definition) is 1. The van der Waals surface area contributed by atoms with Crippen molar-refractivity contribution in [2.75, 3.05) is 22.9 Å². The van der Waals surface area contributed by atoms with Gasteiger partial charge in [0.05, 0.1) is 11.6 Å². The molecule has 0 saturated carbocycles. The van der Waals surface area contributed by atoms with Crippen LogP contribution in [0.25, 0.3) is 0 Å². The van der Waals surface area contributed by atoms with Gasteiger partial charge in [0.25, 0.3) is 5.91 Å². The molecule has 35 heavy (non-hydrogen) atoms. The zero-order valence-electron chi connectivity index (χ0n) is 19.3. The Morgan fingerprint density at radius 3 is 2.23 bits per heavy atom. The van der Waals surface area contributed by atoms with E-state index < -0.39 is 35.6 Å². The lowest BCUT2D eigenvalue weighted by Crippen LogP contribution is -2.45. The normalized spacial score (nSPS) is 17.7. The number of fused-ring (bicyclic) bond motifs is 1. The second-order valence-corrected chi connectivity index (χ2v) is 8.34. The molecule has 0 aliphatic carbocycles. The number of carbonyl (C=O) groups excluding carboxylic acids is 1. The van der Waals surface area contributed by atoms with E-state index in [9.17, 15) is 27.9 Å². The number of nitrogens with zero attached hydrogens (tertiary/aromatic N) is 2. The van der Waals surface area contributed by atoms with Gasteiger partial charge in [-0.3, -0.25) is 14.5 Å². The minimum absolute atomic E-state index is 0.0107. The molecular weight excluding hydrogens is 457 g/mol. The molecule has 8 heteroatoms. The van der Waals surface area contributed by atoms with Crippen molar-refractivity contribution in [1.82, 2.24) is 0 Å². The summed E-state index contributed by atoms with van der Waals surface area (Å²) in [4.78, 5) is 29.5. The van der Waals surface area contributed by atoms with Crippen LogP contribution in [-0.2, 0) is 11.0 Å². The van der Waals surface area contributed by atoms with Crippen LogP contribution in [0.2, 0.25) is 0 Å². The van der Waals surface area contributed by atoms with E-state index in [4.69, 9.17) is 0 Å². The van der Waals surface area contributed by atoms with Gasteiger partial charge in [0.1, 0.15) is 5.92 Å². The van der Waals surface area contributed by atoms with Gasteiger partial charge < -0.3 is 10.0 Å². The molecule has 2 atom stereocenters. The van der Waals surface area contributed by atoms with Crippen LogP contribution >= 0.6 is 0 Å². The molecule has 0 saturated heterocycles. The number of carboxylic acids is 1. The van der Waals surface area contributed by atoms with E-state index in [2.05, 4.69) is 4.90 Å². The van der Waals surface area contributed by atoms with Crippen molar-refractivity contribution in [2.24, 2.45) is 0 Å². The summed E-state index contributed by atoms with van der Waals surface area (Å²) in [7, 11) is 0. The smallest absolute Gasteiger partial charge is 0.416 e. The van der Waals surface area contributed by atoms with E-state index in [1.165, 1.54) is 23.1 Å². The van der Waals surface area contributed by atoms with Gasteiger partial charge in [-0.2, -0.15) is 13.2 Å². The molecule has 0 bridgehead atoms. The number of carbonyl (C=O) groups is 2. The minimum Gasteiger partial charge on any atom is -0.481 e. The maximum Gasteiger partial charge on any atom is 0.416 e. The van der Waals surface area contributed by atoms with Crippen LogP contribution in [-0.4, -0.2) is 30.1 Å². The summed E-state index contributed by atoms with van der Waals surface area (Å²) in [5, 5.41) is 10.2. The van der Waals surface area contributed by atoms with Crippen LogP contribution in [0.1, 0.15) is 52.9 Å². The summed E-state index contributed by atoms with van der Waals surface area (Å²) in [6.07, 6.45) is -4.61. The number of hydrogen-bond acceptors (Lipinski definition) is 3. The zero-order valence-corrected chi connectivity index (χ0v) is 19.3. The fraction of sp³-hybridized carbons (Fsp3) is 0.259. The topological polar surface area (TPSA) is 60.9 Å². The standard InChI is InChI=1S/C27H25F3N2O3/c1-3-31(4-2)19-14-12-17(13-15-19)24-23(26(34)35)21-10-5-6-11-22(21)25(33)32(24)20-9-7-8-18(16-20)27(28,29)30/h5-16,23-24H,3-4H2,1-2H3,(H,34,35)/t23-,24-/m1/s1. The first-order chi connectivity index (χ1) is 16.7. The van der Waals surface area contributed by atoms with Crippen molar-refractivity contribution in [3.63, 3.8) is 0 Å². The van der Waals surface area contributed by atoms with E-state index >= 15 is 0 Å². The predicted octanol–water partition coefficient (Wildman–Crippen LogP) is 6.12. The third-order valence-corrected chi connectivity index (χ3v) is 6.42. The highest BCUT2D eigenvalue weighted by atomic mass is 19.4. The molecule has 1 aliphatic rings. The van der Waals surface area contributed by atoms with E-state index in [1.54, 1.807) is 30.3 Å². The maximum absolute atomic E-state index is 13.6. The average Bonchev–Trinajstić information content (AvgIpc) is 2.84. The fourth-order valence-electron chi connectivity index (χ4n) is 4.73. The quantitative estimate of drug-likeness (QED) is 0.460. The SMILES string of the molecule is CCN(CC)c1ccc([C@@H]2[C@H](C(=O)O)c3ccccc3C(=O)N2c2cccc(C(F)(F)F)c2)cc1. The van der Waals surface area contributed by atoms with Crippen molar-refractivity contribution < 1.29 is 27.9 Å². The van der Waals surface area contributed by atoms with Gasteiger partial charge in [-0.1, -0.05) is 36.4 Å². The van der Waals surface area contributed by atoms with Gasteiger partial charge in [0, 0.05) is 30.0 Å². The second-order valence-electron chi connectivity index (χ2n) is 8.34. The van der Waals surface area contributed by atoms with Crippen molar-refractivity contribution >= 4 is 23.3 Å². The number of anilines is 2. The van der Waals surface area contributed by atoms with Crippen LogP contribution in [0.15, 0.2) is 72.8 Å². The molecule has 3 aromatic rings. The Morgan fingerprint density at radius 2 is 1.63 bits per heavy atom. The minimum atomic E-state index is -4.61. The molecular formula is C27H25F3N2O3. The Balaban J connectivity index is 1.92. The molecule has 182 valence electrons. The Morgan fingerprint density at radius 1 is 0.971 bits per heavy atom. The molecule has 4 rings (SSSR count). The van der Waals surface area contributed by atoms with Gasteiger partial charge in [-0.15, -0.1) is 0 Å². The third-order valence-electron chi connectivity index (χ3n) is 6.42. The summed E-state index contributed by atoms with van der Waals surface area (Å²) in [5.74, 6) is -2.88. The Labute approximate surface area is 201 Å². The molecule has 0 fully saturated rings. The molecule has 0 radical (unpaired) electrons. The van der Waals surface area contributed by atoms with E-state index in [0.717, 1.165) is 30.9 Å². The lowest BCUT2D eigenvalue weighted by molar-refractivity contribution is -0.140.